The zero-order chi connectivity index (χ0) is 18.4. The lowest BCUT2D eigenvalue weighted by Gasteiger charge is -2.41. The van der Waals surface area contributed by atoms with E-state index in [1.165, 1.54) is 0 Å². The molecule has 2 atom stereocenters. The van der Waals surface area contributed by atoms with Crippen LogP contribution in [0, 0.1) is 5.92 Å². The Morgan fingerprint density at radius 2 is 2.12 bits per heavy atom. The van der Waals surface area contributed by atoms with E-state index in [0.717, 1.165) is 5.56 Å². The van der Waals surface area contributed by atoms with E-state index < -0.39 is 0 Å². The van der Waals surface area contributed by atoms with E-state index in [2.05, 4.69) is 5.32 Å². The molecule has 2 rings (SSSR count). The molecule has 6 nitrogen and oxygen atoms in total. The minimum absolute atomic E-state index is 0.0160. The Labute approximate surface area is 149 Å². The van der Waals surface area contributed by atoms with Crippen LogP contribution in [0.2, 0.25) is 0 Å². The summed E-state index contributed by atoms with van der Waals surface area (Å²) in [6, 6.07) is 7.34. The van der Waals surface area contributed by atoms with Crippen LogP contribution in [0.15, 0.2) is 24.3 Å². The first-order valence-electron chi connectivity index (χ1n) is 8.70. The number of methoxy groups -OCH3 is 2. The molecule has 6 heteroatoms. The molecule has 1 heterocycles. The predicted molar refractivity (Wildman–Crippen MR) is 95.3 cm³/mol. The van der Waals surface area contributed by atoms with Gasteiger partial charge in [-0.1, -0.05) is 12.1 Å². The summed E-state index contributed by atoms with van der Waals surface area (Å²) in [4.78, 5) is 27.1. The average Bonchev–Trinajstić information content (AvgIpc) is 2.59. The second-order valence-corrected chi connectivity index (χ2v) is 6.61. The molecule has 0 saturated carbocycles. The molecular formula is C19H28N2O4. The van der Waals surface area contributed by atoms with E-state index in [1.807, 2.05) is 38.1 Å². The number of hydrogen-bond acceptors (Lipinski definition) is 4. The van der Waals surface area contributed by atoms with Crippen molar-refractivity contribution in [1.82, 2.24) is 10.2 Å². The minimum atomic E-state index is -0.315. The number of rotatable bonds is 7. The van der Waals surface area contributed by atoms with Crippen LogP contribution in [-0.2, 0) is 14.3 Å². The number of ether oxygens (including phenoxy) is 2. The Hall–Kier alpha value is -2.08. The van der Waals surface area contributed by atoms with Gasteiger partial charge in [0.15, 0.2) is 0 Å². The molecule has 0 unspecified atom stereocenters. The Morgan fingerprint density at radius 3 is 2.76 bits per heavy atom. The van der Waals surface area contributed by atoms with Gasteiger partial charge in [-0.05, 0) is 38.0 Å². The number of hydrogen-bond donors (Lipinski definition) is 1. The van der Waals surface area contributed by atoms with Crippen molar-refractivity contribution in [3.8, 4) is 5.75 Å². The van der Waals surface area contributed by atoms with Gasteiger partial charge in [0.05, 0.1) is 25.7 Å². The largest absolute Gasteiger partial charge is 0.497 e. The first-order valence-corrected chi connectivity index (χ1v) is 8.70. The summed E-state index contributed by atoms with van der Waals surface area (Å²) in [6.45, 7) is 4.78. The second-order valence-electron chi connectivity index (χ2n) is 6.61. The smallest absolute Gasteiger partial charge is 0.225 e. The van der Waals surface area contributed by atoms with Gasteiger partial charge in [0.25, 0.3) is 0 Å². The van der Waals surface area contributed by atoms with Gasteiger partial charge in [0, 0.05) is 26.1 Å². The zero-order valence-corrected chi connectivity index (χ0v) is 15.5. The van der Waals surface area contributed by atoms with Crippen molar-refractivity contribution >= 4 is 11.8 Å². The third-order valence-electron chi connectivity index (χ3n) is 4.45. The van der Waals surface area contributed by atoms with E-state index in [4.69, 9.17) is 9.47 Å². The molecular weight excluding hydrogens is 320 g/mol. The van der Waals surface area contributed by atoms with E-state index >= 15 is 0 Å². The number of likely N-dealkylation sites (tertiary alicyclic amines) is 1. The highest BCUT2D eigenvalue weighted by Crippen LogP contribution is 2.38. The second kappa shape index (κ2) is 8.85. The van der Waals surface area contributed by atoms with Crippen LogP contribution in [-0.4, -0.2) is 50.1 Å². The van der Waals surface area contributed by atoms with Crippen LogP contribution < -0.4 is 10.1 Å². The molecule has 2 amide bonds. The molecule has 0 spiro atoms. The first kappa shape index (κ1) is 19.2. The van der Waals surface area contributed by atoms with Crippen molar-refractivity contribution < 1.29 is 19.1 Å². The number of nitrogens with one attached hydrogen (secondary N) is 1. The molecule has 1 saturated heterocycles. The molecule has 1 aromatic rings. The van der Waals surface area contributed by atoms with Gasteiger partial charge in [0.1, 0.15) is 5.75 Å². The lowest BCUT2D eigenvalue weighted by molar-refractivity contribution is -0.144. The predicted octanol–water partition coefficient (Wildman–Crippen LogP) is 2.15. The monoisotopic (exact) mass is 348 g/mol. The molecule has 1 fully saturated rings. The van der Waals surface area contributed by atoms with Crippen LogP contribution in [0.25, 0.3) is 0 Å². The molecule has 1 aliphatic heterocycles. The molecule has 138 valence electrons. The Kier molecular flexibility index (Phi) is 6.82. The summed E-state index contributed by atoms with van der Waals surface area (Å²) in [6.07, 6.45) is 0.920. The van der Waals surface area contributed by atoms with Gasteiger partial charge in [-0.15, -0.1) is 0 Å². The highest BCUT2D eigenvalue weighted by Gasteiger charge is 2.40. The summed E-state index contributed by atoms with van der Waals surface area (Å²) in [5.41, 5.74) is 0.910. The third-order valence-corrected chi connectivity index (χ3v) is 4.45. The Balaban J connectivity index is 2.39. The van der Waals surface area contributed by atoms with Crippen molar-refractivity contribution in [2.75, 3.05) is 27.4 Å². The van der Waals surface area contributed by atoms with Gasteiger partial charge in [-0.2, -0.15) is 0 Å². The molecule has 1 aromatic carbocycles. The maximum atomic E-state index is 12.8. The zero-order valence-electron chi connectivity index (χ0n) is 15.5. The summed E-state index contributed by atoms with van der Waals surface area (Å²) in [5, 5.41) is 2.99. The van der Waals surface area contributed by atoms with Gasteiger partial charge in [-0.3, -0.25) is 9.59 Å². The molecule has 0 bridgehead atoms. The quantitative estimate of drug-likeness (QED) is 0.820. The fraction of sp³-hybridized carbons (Fsp3) is 0.579. The molecule has 1 aliphatic rings. The molecule has 25 heavy (non-hydrogen) atoms. The normalized spacial score (nSPS) is 20.7. The highest BCUT2D eigenvalue weighted by atomic mass is 16.5. The summed E-state index contributed by atoms with van der Waals surface area (Å²) < 4.78 is 10.5. The number of benzene rings is 1. The third kappa shape index (κ3) is 4.72. The van der Waals surface area contributed by atoms with Gasteiger partial charge in [0.2, 0.25) is 11.8 Å². The Morgan fingerprint density at radius 1 is 1.36 bits per heavy atom. The lowest BCUT2D eigenvalue weighted by atomic mass is 9.83. The van der Waals surface area contributed by atoms with Crippen molar-refractivity contribution in [1.29, 1.82) is 0 Å². The number of nitrogens with zero attached hydrogens (tertiary/aromatic N) is 1. The standard InChI is InChI=1S/C19H28N2O4/c1-13(2)20-19(23)16-8-9-17(22)21(10-11-24-3)18(16)14-6-5-7-15(12-14)25-4/h5-7,12-13,16,18H,8-11H2,1-4H3,(H,20,23)/t16-,18+/m1/s1. The van der Waals surface area contributed by atoms with Gasteiger partial charge in [-0.25, -0.2) is 0 Å². The van der Waals surface area contributed by atoms with Crippen molar-refractivity contribution in [2.45, 2.75) is 38.8 Å². The highest BCUT2D eigenvalue weighted by molar-refractivity contribution is 5.85. The van der Waals surface area contributed by atoms with Crippen molar-refractivity contribution in [3.63, 3.8) is 0 Å². The van der Waals surface area contributed by atoms with E-state index in [9.17, 15) is 9.59 Å². The van der Waals surface area contributed by atoms with E-state index in [0.29, 0.717) is 31.7 Å². The summed E-state index contributed by atoms with van der Waals surface area (Å²) in [5.74, 6) is 0.463. The fourth-order valence-corrected chi connectivity index (χ4v) is 3.31. The number of carbonyl (C=O) groups is 2. The SMILES string of the molecule is COCCN1C(=O)CC[C@@H](C(=O)NC(C)C)[C@@H]1c1cccc(OC)c1. The topological polar surface area (TPSA) is 67.9 Å². The molecule has 1 N–H and O–H groups in total. The van der Waals surface area contributed by atoms with Crippen LogP contribution in [0.5, 0.6) is 5.75 Å². The maximum absolute atomic E-state index is 12.8. The maximum Gasteiger partial charge on any atom is 0.225 e. The Bertz CT molecular complexity index is 603. The van der Waals surface area contributed by atoms with Crippen LogP contribution in [0.3, 0.4) is 0 Å². The van der Waals surface area contributed by atoms with Crippen LogP contribution in [0.1, 0.15) is 38.3 Å². The molecule has 0 aliphatic carbocycles. The molecule has 0 radical (unpaired) electrons. The minimum Gasteiger partial charge on any atom is -0.497 e. The number of carbonyl (C=O) groups excluding carboxylic acids is 2. The summed E-state index contributed by atoms with van der Waals surface area (Å²) >= 11 is 0. The number of amides is 2. The average molecular weight is 348 g/mol. The number of piperidine rings is 1. The van der Waals surface area contributed by atoms with Crippen LogP contribution >= 0.6 is 0 Å². The summed E-state index contributed by atoms with van der Waals surface area (Å²) in [7, 11) is 3.22. The molecule has 0 aromatic heterocycles. The lowest BCUT2D eigenvalue weighted by Crippen LogP contribution is -2.49. The van der Waals surface area contributed by atoms with Crippen molar-refractivity contribution in [3.05, 3.63) is 29.8 Å². The van der Waals surface area contributed by atoms with Gasteiger partial charge >= 0.3 is 0 Å². The van der Waals surface area contributed by atoms with Crippen molar-refractivity contribution in [2.24, 2.45) is 5.92 Å². The van der Waals surface area contributed by atoms with Gasteiger partial charge < -0.3 is 19.7 Å². The fourth-order valence-electron chi connectivity index (χ4n) is 3.31. The first-order chi connectivity index (χ1) is 12.0. The van der Waals surface area contributed by atoms with Crippen LogP contribution in [0.4, 0.5) is 0 Å². The van der Waals surface area contributed by atoms with E-state index in [1.54, 1.807) is 19.1 Å². The van der Waals surface area contributed by atoms with E-state index in [-0.39, 0.29) is 29.8 Å².